The van der Waals surface area contributed by atoms with Gasteiger partial charge in [0.25, 0.3) is 0 Å². The summed E-state index contributed by atoms with van der Waals surface area (Å²) in [6.45, 7) is 2.46. The molecule has 1 aliphatic heterocycles. The Morgan fingerprint density at radius 1 is 1.38 bits per heavy atom. The molecule has 0 saturated carbocycles. The van der Waals surface area contributed by atoms with Crippen molar-refractivity contribution >= 4 is 23.6 Å². The molecule has 5 nitrogen and oxygen atoms in total. The van der Waals surface area contributed by atoms with Gasteiger partial charge in [0.2, 0.25) is 5.91 Å². The van der Waals surface area contributed by atoms with Gasteiger partial charge in [-0.15, -0.1) is 11.8 Å². The quantitative estimate of drug-likeness (QED) is 0.838. The van der Waals surface area contributed by atoms with Crippen molar-refractivity contribution in [2.45, 2.75) is 17.9 Å². The predicted molar refractivity (Wildman–Crippen MR) is 80.4 cm³/mol. The molecule has 1 heterocycles. The number of benzene rings is 1. The number of aliphatic carboxylic acids is 1. The summed E-state index contributed by atoms with van der Waals surface area (Å²) < 4.78 is 5.20. The van der Waals surface area contributed by atoms with E-state index < -0.39 is 11.9 Å². The van der Waals surface area contributed by atoms with E-state index in [1.807, 2.05) is 31.2 Å². The van der Waals surface area contributed by atoms with Gasteiger partial charge in [-0.25, -0.2) is 0 Å². The fourth-order valence-electron chi connectivity index (χ4n) is 2.31. The number of carboxylic acid groups (broad SMARTS) is 1. The Labute approximate surface area is 128 Å². The lowest BCUT2D eigenvalue weighted by molar-refractivity contribution is -0.144. The SMILES string of the molecule is Cc1ccccc1SCC(=O)N(C)C1COCC1C(=O)O. The highest BCUT2D eigenvalue weighted by Crippen LogP contribution is 2.24. The zero-order chi connectivity index (χ0) is 15.4. The number of carboxylic acids is 1. The Morgan fingerprint density at radius 2 is 2.10 bits per heavy atom. The van der Waals surface area contributed by atoms with Gasteiger partial charge in [0.05, 0.1) is 25.0 Å². The van der Waals surface area contributed by atoms with Crippen molar-refractivity contribution in [1.29, 1.82) is 0 Å². The Hall–Kier alpha value is -1.53. The Bertz CT molecular complexity index is 534. The van der Waals surface area contributed by atoms with Gasteiger partial charge in [0, 0.05) is 11.9 Å². The highest BCUT2D eigenvalue weighted by molar-refractivity contribution is 8.00. The second-order valence-electron chi connectivity index (χ2n) is 5.11. The summed E-state index contributed by atoms with van der Waals surface area (Å²) in [5.41, 5.74) is 1.13. The van der Waals surface area contributed by atoms with Crippen LogP contribution in [-0.2, 0) is 14.3 Å². The van der Waals surface area contributed by atoms with E-state index in [-0.39, 0.29) is 25.2 Å². The maximum atomic E-state index is 12.2. The lowest BCUT2D eigenvalue weighted by Crippen LogP contribution is -2.44. The molecule has 2 atom stereocenters. The van der Waals surface area contributed by atoms with Crippen LogP contribution in [0.3, 0.4) is 0 Å². The Balaban J connectivity index is 1.94. The van der Waals surface area contributed by atoms with E-state index in [0.29, 0.717) is 5.75 Å². The minimum atomic E-state index is -0.913. The third-order valence-electron chi connectivity index (χ3n) is 3.70. The first-order valence-electron chi connectivity index (χ1n) is 6.75. The average molecular weight is 309 g/mol. The van der Waals surface area contributed by atoms with Crippen LogP contribution in [0.1, 0.15) is 5.56 Å². The second-order valence-corrected chi connectivity index (χ2v) is 6.13. The molecular formula is C15H19NO4S. The van der Waals surface area contributed by atoms with E-state index >= 15 is 0 Å². The molecule has 1 aliphatic rings. The average Bonchev–Trinajstić information content (AvgIpc) is 2.95. The molecule has 21 heavy (non-hydrogen) atoms. The molecular weight excluding hydrogens is 290 g/mol. The minimum Gasteiger partial charge on any atom is -0.481 e. The number of nitrogens with zero attached hydrogens (tertiary/aromatic N) is 1. The molecule has 1 N–H and O–H groups in total. The molecule has 2 rings (SSSR count). The molecule has 1 saturated heterocycles. The number of rotatable bonds is 5. The largest absolute Gasteiger partial charge is 0.481 e. The van der Waals surface area contributed by atoms with E-state index in [1.165, 1.54) is 16.7 Å². The Kier molecular flexibility index (Phi) is 5.25. The van der Waals surface area contributed by atoms with Crippen molar-refractivity contribution in [3.63, 3.8) is 0 Å². The monoisotopic (exact) mass is 309 g/mol. The number of ether oxygens (including phenoxy) is 1. The van der Waals surface area contributed by atoms with Gasteiger partial charge in [-0.2, -0.15) is 0 Å². The Morgan fingerprint density at radius 3 is 2.76 bits per heavy atom. The maximum Gasteiger partial charge on any atom is 0.311 e. The van der Waals surface area contributed by atoms with Crippen molar-refractivity contribution in [1.82, 2.24) is 4.90 Å². The van der Waals surface area contributed by atoms with Gasteiger partial charge in [0.15, 0.2) is 0 Å². The summed E-state index contributed by atoms with van der Waals surface area (Å²) in [5.74, 6) is -1.33. The van der Waals surface area contributed by atoms with Crippen LogP contribution in [0, 0.1) is 12.8 Å². The third-order valence-corrected chi connectivity index (χ3v) is 4.86. The number of thioether (sulfide) groups is 1. The number of hydrogen-bond acceptors (Lipinski definition) is 4. The van der Waals surface area contributed by atoms with Crippen LogP contribution in [0.5, 0.6) is 0 Å². The maximum absolute atomic E-state index is 12.2. The van der Waals surface area contributed by atoms with Gasteiger partial charge in [-0.05, 0) is 18.6 Å². The molecule has 0 aliphatic carbocycles. The molecule has 2 unspecified atom stereocenters. The fraction of sp³-hybridized carbons (Fsp3) is 0.467. The highest BCUT2D eigenvalue weighted by Gasteiger charge is 2.38. The fourth-order valence-corrected chi connectivity index (χ4v) is 3.26. The van der Waals surface area contributed by atoms with Crippen LogP contribution in [0.2, 0.25) is 0 Å². The van der Waals surface area contributed by atoms with E-state index in [4.69, 9.17) is 9.84 Å². The molecule has 1 amide bonds. The van der Waals surface area contributed by atoms with E-state index in [1.54, 1.807) is 7.05 Å². The minimum absolute atomic E-state index is 0.0787. The molecule has 0 aromatic heterocycles. The molecule has 0 bridgehead atoms. The first-order valence-corrected chi connectivity index (χ1v) is 7.74. The van der Waals surface area contributed by atoms with Crippen LogP contribution in [0.4, 0.5) is 0 Å². The van der Waals surface area contributed by atoms with Gasteiger partial charge in [-0.1, -0.05) is 18.2 Å². The number of aryl methyl sites for hydroxylation is 1. The summed E-state index contributed by atoms with van der Waals surface area (Å²) in [6, 6.07) is 7.50. The van der Waals surface area contributed by atoms with Crippen molar-refractivity contribution < 1.29 is 19.4 Å². The van der Waals surface area contributed by atoms with Gasteiger partial charge >= 0.3 is 5.97 Å². The van der Waals surface area contributed by atoms with Crippen LogP contribution in [0.25, 0.3) is 0 Å². The molecule has 0 radical (unpaired) electrons. The van der Waals surface area contributed by atoms with Gasteiger partial charge < -0.3 is 14.7 Å². The van der Waals surface area contributed by atoms with Gasteiger partial charge in [0.1, 0.15) is 5.92 Å². The summed E-state index contributed by atoms with van der Waals surface area (Å²) in [5, 5.41) is 9.14. The smallest absolute Gasteiger partial charge is 0.311 e. The number of carbonyl (C=O) groups is 2. The number of likely N-dealkylation sites (N-methyl/N-ethyl adjacent to an activating group) is 1. The van der Waals surface area contributed by atoms with Gasteiger partial charge in [-0.3, -0.25) is 9.59 Å². The zero-order valence-electron chi connectivity index (χ0n) is 12.1. The molecule has 114 valence electrons. The first-order chi connectivity index (χ1) is 10.0. The summed E-state index contributed by atoms with van der Waals surface area (Å²) in [7, 11) is 1.65. The normalized spacial score (nSPS) is 21.2. The summed E-state index contributed by atoms with van der Waals surface area (Å²) >= 11 is 1.47. The van der Waals surface area contributed by atoms with Crippen molar-refractivity contribution in [2.75, 3.05) is 26.0 Å². The second kappa shape index (κ2) is 6.95. The predicted octanol–water partition coefficient (Wildman–Crippen LogP) is 1.65. The lowest BCUT2D eigenvalue weighted by Gasteiger charge is -2.26. The summed E-state index contributed by atoms with van der Waals surface area (Å²) in [4.78, 5) is 26.0. The summed E-state index contributed by atoms with van der Waals surface area (Å²) in [6.07, 6.45) is 0. The van der Waals surface area contributed by atoms with Crippen LogP contribution >= 0.6 is 11.8 Å². The van der Waals surface area contributed by atoms with Crippen LogP contribution < -0.4 is 0 Å². The van der Waals surface area contributed by atoms with Crippen LogP contribution in [0.15, 0.2) is 29.2 Å². The van der Waals surface area contributed by atoms with Crippen LogP contribution in [-0.4, -0.2) is 53.9 Å². The third kappa shape index (κ3) is 3.77. The number of carbonyl (C=O) groups excluding carboxylic acids is 1. The topological polar surface area (TPSA) is 66.8 Å². The highest BCUT2D eigenvalue weighted by atomic mass is 32.2. The molecule has 1 aromatic rings. The molecule has 1 fully saturated rings. The number of hydrogen-bond donors (Lipinski definition) is 1. The van der Waals surface area contributed by atoms with Crippen molar-refractivity contribution in [3.05, 3.63) is 29.8 Å². The molecule has 1 aromatic carbocycles. The molecule has 0 spiro atoms. The van der Waals surface area contributed by atoms with Crippen molar-refractivity contribution in [3.8, 4) is 0 Å². The van der Waals surface area contributed by atoms with E-state index in [2.05, 4.69) is 0 Å². The van der Waals surface area contributed by atoms with E-state index in [9.17, 15) is 9.59 Å². The zero-order valence-corrected chi connectivity index (χ0v) is 12.9. The lowest BCUT2D eigenvalue weighted by atomic mass is 10.0. The molecule has 6 heteroatoms. The first kappa shape index (κ1) is 15.9. The van der Waals surface area contributed by atoms with E-state index in [0.717, 1.165) is 10.5 Å². The van der Waals surface area contributed by atoms with Crippen molar-refractivity contribution in [2.24, 2.45) is 5.92 Å². The number of amides is 1. The standard InChI is InChI=1S/C15H19NO4S/c1-10-5-3-4-6-13(10)21-9-14(17)16(2)12-8-20-7-11(12)15(18)19/h3-6,11-12H,7-9H2,1-2H3,(H,18,19).